The van der Waals surface area contributed by atoms with Gasteiger partial charge in [-0.1, -0.05) is 31.2 Å². The van der Waals surface area contributed by atoms with Gasteiger partial charge in [0, 0.05) is 6.92 Å². The highest BCUT2D eigenvalue weighted by molar-refractivity contribution is 5.86. The van der Waals surface area contributed by atoms with Gasteiger partial charge in [-0.3, -0.25) is 9.59 Å². The summed E-state index contributed by atoms with van der Waals surface area (Å²) in [5.74, 6) is -0.584. The zero-order chi connectivity index (χ0) is 15.1. The summed E-state index contributed by atoms with van der Waals surface area (Å²) in [4.78, 5) is 22.8. The largest absolute Gasteiger partial charge is 0.394 e. The van der Waals surface area contributed by atoms with Gasteiger partial charge in [0.2, 0.25) is 11.8 Å². The average Bonchev–Trinajstić information content (AvgIpc) is 2.43. The molecule has 0 aliphatic carbocycles. The van der Waals surface area contributed by atoms with Gasteiger partial charge in [0.25, 0.3) is 0 Å². The second-order valence-corrected chi connectivity index (χ2v) is 4.76. The number of carbonyl (C=O) groups excluding carboxylic acids is 2. The van der Waals surface area contributed by atoms with Crippen molar-refractivity contribution in [2.24, 2.45) is 0 Å². The minimum absolute atomic E-state index is 0.190. The molecular weight excluding hydrogens is 256 g/mol. The molecule has 0 saturated heterocycles. The number of nitrogens with one attached hydrogen (secondary N) is 2. The summed E-state index contributed by atoms with van der Waals surface area (Å²) >= 11 is 0. The average molecular weight is 278 g/mol. The predicted octanol–water partition coefficient (Wildman–Crippen LogP) is 0.923. The van der Waals surface area contributed by atoms with Gasteiger partial charge >= 0.3 is 0 Å². The lowest BCUT2D eigenvalue weighted by Crippen LogP contribution is -2.45. The van der Waals surface area contributed by atoms with E-state index in [1.54, 1.807) is 6.92 Å². The maximum atomic E-state index is 11.9. The summed E-state index contributed by atoms with van der Waals surface area (Å²) < 4.78 is 0. The fraction of sp³-hybridized carbons (Fsp3) is 0.467. The summed E-state index contributed by atoms with van der Waals surface area (Å²) in [6.45, 7) is 4.83. The van der Waals surface area contributed by atoms with E-state index in [2.05, 4.69) is 17.6 Å². The summed E-state index contributed by atoms with van der Waals surface area (Å²) in [7, 11) is 0. The minimum Gasteiger partial charge on any atom is -0.394 e. The predicted molar refractivity (Wildman–Crippen MR) is 77.1 cm³/mol. The Morgan fingerprint density at radius 3 is 2.25 bits per heavy atom. The fourth-order valence-electron chi connectivity index (χ4n) is 1.89. The van der Waals surface area contributed by atoms with Crippen LogP contribution in [0.15, 0.2) is 24.3 Å². The molecule has 0 aliphatic rings. The Morgan fingerprint density at radius 1 is 1.20 bits per heavy atom. The third kappa shape index (κ3) is 4.66. The summed E-state index contributed by atoms with van der Waals surface area (Å²) in [6, 6.07) is 6.63. The van der Waals surface area contributed by atoms with E-state index in [1.807, 2.05) is 24.3 Å². The first-order chi connectivity index (χ1) is 9.47. The van der Waals surface area contributed by atoms with Gasteiger partial charge in [-0.25, -0.2) is 0 Å². The molecule has 0 saturated carbocycles. The van der Waals surface area contributed by atoms with Crippen molar-refractivity contribution in [2.45, 2.75) is 39.3 Å². The highest BCUT2D eigenvalue weighted by Crippen LogP contribution is 2.14. The number of carbonyl (C=O) groups is 2. The summed E-state index contributed by atoms with van der Waals surface area (Å²) in [6.07, 6.45) is 0.940. The van der Waals surface area contributed by atoms with Crippen LogP contribution in [0.4, 0.5) is 0 Å². The van der Waals surface area contributed by atoms with Gasteiger partial charge in [-0.2, -0.15) is 0 Å². The molecule has 0 heterocycles. The van der Waals surface area contributed by atoms with Gasteiger partial charge in [-0.15, -0.1) is 0 Å². The van der Waals surface area contributed by atoms with E-state index < -0.39 is 12.1 Å². The van der Waals surface area contributed by atoms with E-state index >= 15 is 0 Å². The normalized spacial score (nSPS) is 13.4. The minimum atomic E-state index is -0.628. The summed E-state index contributed by atoms with van der Waals surface area (Å²) in [5, 5.41) is 14.6. The number of aryl methyl sites for hydroxylation is 1. The van der Waals surface area contributed by atoms with E-state index in [0.29, 0.717) is 0 Å². The van der Waals surface area contributed by atoms with Crippen molar-refractivity contribution in [3.8, 4) is 0 Å². The molecule has 0 aliphatic heterocycles. The van der Waals surface area contributed by atoms with Gasteiger partial charge in [0.15, 0.2) is 0 Å². The highest BCUT2D eigenvalue weighted by Gasteiger charge is 2.18. The number of aliphatic hydroxyl groups excluding tert-OH is 1. The molecule has 2 atom stereocenters. The van der Waals surface area contributed by atoms with Crippen LogP contribution < -0.4 is 10.6 Å². The van der Waals surface area contributed by atoms with Crippen LogP contribution in [-0.4, -0.2) is 29.6 Å². The first-order valence-corrected chi connectivity index (χ1v) is 6.75. The van der Waals surface area contributed by atoms with Crippen LogP contribution in [0.3, 0.4) is 0 Å². The molecule has 1 aromatic carbocycles. The molecule has 0 radical (unpaired) electrons. The van der Waals surface area contributed by atoms with Crippen molar-refractivity contribution in [1.82, 2.24) is 10.6 Å². The Labute approximate surface area is 119 Å². The molecule has 2 amide bonds. The van der Waals surface area contributed by atoms with E-state index in [1.165, 1.54) is 12.5 Å². The van der Waals surface area contributed by atoms with Crippen molar-refractivity contribution in [3.63, 3.8) is 0 Å². The maximum absolute atomic E-state index is 11.9. The lowest BCUT2D eigenvalue weighted by atomic mass is 10.0. The van der Waals surface area contributed by atoms with Crippen LogP contribution in [0.5, 0.6) is 0 Å². The van der Waals surface area contributed by atoms with Gasteiger partial charge in [0.05, 0.1) is 12.6 Å². The highest BCUT2D eigenvalue weighted by atomic mass is 16.3. The molecule has 5 heteroatoms. The number of amides is 2. The van der Waals surface area contributed by atoms with Crippen LogP contribution >= 0.6 is 0 Å². The second kappa shape index (κ2) is 7.65. The summed E-state index contributed by atoms with van der Waals surface area (Å²) in [5.41, 5.74) is 2.04. The molecule has 20 heavy (non-hydrogen) atoms. The van der Waals surface area contributed by atoms with Crippen molar-refractivity contribution >= 4 is 11.8 Å². The second-order valence-electron chi connectivity index (χ2n) is 4.76. The number of hydrogen-bond donors (Lipinski definition) is 3. The van der Waals surface area contributed by atoms with E-state index in [9.17, 15) is 14.7 Å². The van der Waals surface area contributed by atoms with E-state index in [0.717, 1.165) is 12.0 Å². The zero-order valence-electron chi connectivity index (χ0n) is 12.1. The third-order valence-corrected chi connectivity index (χ3v) is 3.10. The SMILES string of the molecule is CCc1ccc(C(CO)NC(=O)C(C)NC(C)=O)cc1. The van der Waals surface area contributed by atoms with Gasteiger partial charge in [0.1, 0.15) is 6.04 Å². The quantitative estimate of drug-likeness (QED) is 0.724. The van der Waals surface area contributed by atoms with Crippen molar-refractivity contribution in [3.05, 3.63) is 35.4 Å². The van der Waals surface area contributed by atoms with Crippen molar-refractivity contribution < 1.29 is 14.7 Å². The molecule has 0 aromatic heterocycles. The first kappa shape index (κ1) is 16.2. The van der Waals surface area contributed by atoms with Gasteiger partial charge < -0.3 is 15.7 Å². The Kier molecular flexibility index (Phi) is 6.18. The van der Waals surface area contributed by atoms with Crippen molar-refractivity contribution in [1.29, 1.82) is 0 Å². The van der Waals surface area contributed by atoms with Crippen molar-refractivity contribution in [2.75, 3.05) is 6.61 Å². The molecule has 3 N–H and O–H groups in total. The van der Waals surface area contributed by atoms with Crippen LogP contribution in [0.1, 0.15) is 37.9 Å². The fourth-order valence-corrected chi connectivity index (χ4v) is 1.89. The smallest absolute Gasteiger partial charge is 0.242 e. The van der Waals surface area contributed by atoms with Crippen LogP contribution in [0.2, 0.25) is 0 Å². The molecule has 1 rings (SSSR count). The topological polar surface area (TPSA) is 78.4 Å². The first-order valence-electron chi connectivity index (χ1n) is 6.75. The monoisotopic (exact) mass is 278 g/mol. The molecule has 0 fully saturated rings. The lowest BCUT2D eigenvalue weighted by molar-refractivity contribution is -0.128. The number of rotatable bonds is 6. The standard InChI is InChI=1S/C15H22N2O3/c1-4-12-5-7-13(8-6-12)14(9-18)17-15(20)10(2)16-11(3)19/h5-8,10,14,18H,4,9H2,1-3H3,(H,16,19)(H,17,20). The Bertz CT molecular complexity index is 457. The van der Waals surface area contributed by atoms with Crippen LogP contribution in [0, 0.1) is 0 Å². The molecule has 2 unspecified atom stereocenters. The Balaban J connectivity index is 2.70. The Morgan fingerprint density at radius 2 is 1.80 bits per heavy atom. The number of aliphatic hydroxyl groups is 1. The molecule has 5 nitrogen and oxygen atoms in total. The zero-order valence-corrected chi connectivity index (χ0v) is 12.1. The molecular formula is C15H22N2O3. The third-order valence-electron chi connectivity index (χ3n) is 3.10. The van der Waals surface area contributed by atoms with Gasteiger partial charge in [-0.05, 0) is 24.5 Å². The molecule has 0 bridgehead atoms. The maximum Gasteiger partial charge on any atom is 0.242 e. The number of benzene rings is 1. The molecule has 0 spiro atoms. The lowest BCUT2D eigenvalue weighted by Gasteiger charge is -2.20. The Hall–Kier alpha value is -1.88. The molecule has 110 valence electrons. The van der Waals surface area contributed by atoms with Crippen LogP contribution in [-0.2, 0) is 16.0 Å². The van der Waals surface area contributed by atoms with E-state index in [-0.39, 0.29) is 18.4 Å². The van der Waals surface area contributed by atoms with E-state index in [4.69, 9.17) is 0 Å². The number of hydrogen-bond acceptors (Lipinski definition) is 3. The molecule has 1 aromatic rings. The van der Waals surface area contributed by atoms with Crippen LogP contribution in [0.25, 0.3) is 0 Å².